The van der Waals surface area contributed by atoms with Crippen LogP contribution in [0.15, 0.2) is 12.2 Å². The number of hydrogen-bond acceptors (Lipinski definition) is 6. The van der Waals surface area contributed by atoms with Crippen molar-refractivity contribution in [3.05, 3.63) is 12.2 Å². The molecular weight excluding hydrogens is 1060 g/mol. The summed E-state index contributed by atoms with van der Waals surface area (Å²) in [5, 5.41) is 14.0. The number of rotatable bonds is 72. The van der Waals surface area contributed by atoms with E-state index in [1.165, 1.54) is 353 Å². The molecule has 0 bridgehead atoms. The largest absolute Gasteiger partial charge is 0.756 e. The third-order valence-electron chi connectivity index (χ3n) is 18.0. The fraction of sp³-hybridized carbons (Fsp3) is 0.960. The van der Waals surface area contributed by atoms with Crippen LogP contribution >= 0.6 is 7.82 Å². The van der Waals surface area contributed by atoms with Crippen molar-refractivity contribution >= 4 is 13.7 Å². The van der Waals surface area contributed by atoms with Crippen molar-refractivity contribution < 1.29 is 32.9 Å². The number of likely N-dealkylation sites (N-methyl/N-ethyl adjacent to an activating group) is 1. The lowest BCUT2D eigenvalue weighted by Crippen LogP contribution is -2.45. The molecule has 1 amide bonds. The Morgan fingerprint density at radius 2 is 0.643 bits per heavy atom. The summed E-state index contributed by atoms with van der Waals surface area (Å²) < 4.78 is 23.5. The fourth-order valence-electron chi connectivity index (χ4n) is 12.1. The number of allylic oxidation sites excluding steroid dienone is 1. The van der Waals surface area contributed by atoms with Gasteiger partial charge in [0.15, 0.2) is 0 Å². The number of phosphoric ester groups is 1. The highest BCUT2D eigenvalue weighted by atomic mass is 31.2. The van der Waals surface area contributed by atoms with Crippen LogP contribution in [0.25, 0.3) is 0 Å². The SMILES string of the molecule is CCCCCCCCCCCCCCCCCCCCCCCCCCCCC/C=C/C(O)C(COP(=O)([O-])OCC[N+](C)(C)C)NC(=O)CCCCCCCCCCCCCCCCCCCCCCCCCCCCCCCCCCC. The number of nitrogens with one attached hydrogen (secondary N) is 1. The number of carbonyl (C=O) groups excluding carboxylic acids is 1. The second-order valence-electron chi connectivity index (χ2n) is 27.7. The van der Waals surface area contributed by atoms with E-state index in [1.54, 1.807) is 6.08 Å². The molecule has 0 saturated carbocycles. The zero-order valence-electron chi connectivity index (χ0n) is 57.7. The molecule has 0 aromatic carbocycles. The monoisotopic (exact) mass is 1210 g/mol. The second-order valence-corrected chi connectivity index (χ2v) is 29.1. The van der Waals surface area contributed by atoms with E-state index in [9.17, 15) is 19.4 Å². The zero-order chi connectivity index (χ0) is 61.2. The van der Waals surface area contributed by atoms with Crippen LogP contribution in [0.3, 0.4) is 0 Å². The molecule has 0 aromatic heterocycles. The first-order valence-corrected chi connectivity index (χ1v) is 39.5. The van der Waals surface area contributed by atoms with E-state index in [-0.39, 0.29) is 19.1 Å². The third-order valence-corrected chi connectivity index (χ3v) is 19.0. The van der Waals surface area contributed by atoms with Crippen molar-refractivity contribution in [1.82, 2.24) is 5.32 Å². The minimum absolute atomic E-state index is 0.00311. The van der Waals surface area contributed by atoms with E-state index in [4.69, 9.17) is 9.05 Å². The van der Waals surface area contributed by atoms with Gasteiger partial charge >= 0.3 is 0 Å². The Bertz CT molecular complexity index is 1370. The molecule has 0 heterocycles. The van der Waals surface area contributed by atoms with Crippen molar-refractivity contribution in [3.8, 4) is 0 Å². The van der Waals surface area contributed by atoms with Gasteiger partial charge in [0, 0.05) is 6.42 Å². The van der Waals surface area contributed by atoms with Gasteiger partial charge in [-0.3, -0.25) is 9.36 Å². The summed E-state index contributed by atoms with van der Waals surface area (Å²) in [6.07, 6.45) is 86.5. The van der Waals surface area contributed by atoms with Gasteiger partial charge in [0.1, 0.15) is 13.2 Å². The predicted molar refractivity (Wildman–Crippen MR) is 367 cm³/mol. The number of amides is 1. The van der Waals surface area contributed by atoms with Gasteiger partial charge in [0.25, 0.3) is 7.82 Å². The first kappa shape index (κ1) is 83.2. The maximum absolute atomic E-state index is 13.1. The van der Waals surface area contributed by atoms with Crippen LogP contribution in [0, 0.1) is 0 Å². The molecule has 0 aliphatic heterocycles. The van der Waals surface area contributed by atoms with Gasteiger partial charge in [-0.05, 0) is 19.3 Å². The van der Waals surface area contributed by atoms with Crippen LogP contribution in [0.5, 0.6) is 0 Å². The van der Waals surface area contributed by atoms with Crippen molar-refractivity contribution in [3.63, 3.8) is 0 Å². The number of quaternary nitrogens is 1. The van der Waals surface area contributed by atoms with Gasteiger partial charge in [0.05, 0.1) is 39.9 Å². The summed E-state index contributed by atoms with van der Waals surface area (Å²) in [7, 11) is 1.29. The number of carbonyl (C=O) groups is 1. The van der Waals surface area contributed by atoms with E-state index in [0.717, 1.165) is 38.5 Å². The normalized spacial score (nSPS) is 13.6. The molecule has 502 valence electrons. The predicted octanol–water partition coefficient (Wildman–Crippen LogP) is 23.8. The molecule has 3 atom stereocenters. The molecule has 84 heavy (non-hydrogen) atoms. The van der Waals surface area contributed by atoms with E-state index in [2.05, 4.69) is 19.2 Å². The molecule has 0 rings (SSSR count). The number of phosphoric acid groups is 1. The van der Waals surface area contributed by atoms with E-state index < -0.39 is 20.0 Å². The van der Waals surface area contributed by atoms with Crippen LogP contribution in [-0.4, -0.2) is 68.5 Å². The molecule has 9 heteroatoms. The Balaban J connectivity index is 3.97. The molecular formula is C75H151N2O6P. The Labute approximate surface area is 526 Å². The van der Waals surface area contributed by atoms with Crippen molar-refractivity contribution in [2.45, 2.75) is 424 Å². The van der Waals surface area contributed by atoms with Gasteiger partial charge in [-0.15, -0.1) is 0 Å². The Kier molecular flexibility index (Phi) is 66.1. The molecule has 8 nitrogen and oxygen atoms in total. The molecule has 3 unspecified atom stereocenters. The standard InChI is InChI=1S/C75H151N2O6P/c1-6-8-10-12-14-16-18-20-22-24-26-28-30-32-34-36-37-38-39-41-43-45-47-49-51-53-55-57-59-61-63-65-67-69-75(79)76-73(72-83-84(80,81)82-71-70-77(3,4)5)74(78)68-66-64-62-60-58-56-54-52-50-48-46-44-42-40-35-33-31-29-27-25-23-21-19-17-15-13-11-9-7-2/h66,68,73-74,78H,6-65,67,69-72H2,1-5H3,(H-,76,79,80,81)/b68-66+. The molecule has 0 radical (unpaired) electrons. The summed E-state index contributed by atoms with van der Waals surface area (Å²) in [5.74, 6) is -0.186. The maximum Gasteiger partial charge on any atom is 0.268 e. The fourth-order valence-corrected chi connectivity index (χ4v) is 12.8. The number of aliphatic hydroxyl groups excluding tert-OH is 1. The van der Waals surface area contributed by atoms with E-state index >= 15 is 0 Å². The molecule has 0 fully saturated rings. The smallest absolute Gasteiger partial charge is 0.268 e. The van der Waals surface area contributed by atoms with Crippen molar-refractivity contribution in [2.24, 2.45) is 0 Å². The highest BCUT2D eigenvalue weighted by Crippen LogP contribution is 2.38. The lowest BCUT2D eigenvalue weighted by molar-refractivity contribution is -0.870. The highest BCUT2D eigenvalue weighted by molar-refractivity contribution is 7.45. The minimum atomic E-state index is -4.60. The van der Waals surface area contributed by atoms with Gasteiger partial charge in [-0.25, -0.2) is 0 Å². The Hall–Kier alpha value is -0.760. The van der Waals surface area contributed by atoms with Gasteiger partial charge in [0.2, 0.25) is 5.91 Å². The first-order valence-electron chi connectivity index (χ1n) is 38.1. The Morgan fingerprint density at radius 3 is 0.893 bits per heavy atom. The minimum Gasteiger partial charge on any atom is -0.756 e. The molecule has 0 spiro atoms. The number of unbranched alkanes of at least 4 members (excludes halogenated alkanes) is 59. The van der Waals surface area contributed by atoms with Crippen LogP contribution in [-0.2, 0) is 18.4 Å². The molecule has 2 N–H and O–H groups in total. The van der Waals surface area contributed by atoms with Crippen molar-refractivity contribution in [2.75, 3.05) is 40.9 Å². The van der Waals surface area contributed by atoms with Crippen LogP contribution in [0.1, 0.15) is 412 Å². The van der Waals surface area contributed by atoms with Crippen LogP contribution in [0.2, 0.25) is 0 Å². The third kappa shape index (κ3) is 68.7. The van der Waals surface area contributed by atoms with E-state index in [1.807, 2.05) is 27.2 Å². The molecule has 0 aliphatic carbocycles. The van der Waals surface area contributed by atoms with Gasteiger partial charge < -0.3 is 28.8 Å². The van der Waals surface area contributed by atoms with Crippen LogP contribution < -0.4 is 10.2 Å². The average molecular weight is 1210 g/mol. The summed E-state index contributed by atoms with van der Waals surface area (Å²) >= 11 is 0. The molecule has 0 aliphatic rings. The molecule has 0 saturated heterocycles. The maximum atomic E-state index is 13.1. The average Bonchev–Trinajstić information content (AvgIpc) is 3.56. The summed E-state index contributed by atoms with van der Waals surface area (Å²) in [6, 6.07) is -0.884. The summed E-state index contributed by atoms with van der Waals surface area (Å²) in [6.45, 7) is 4.73. The number of hydrogen-bond donors (Lipinski definition) is 2. The summed E-state index contributed by atoms with van der Waals surface area (Å²) in [5.41, 5.74) is 0. The lowest BCUT2D eigenvalue weighted by atomic mass is 10.0. The first-order chi connectivity index (χ1) is 41.0. The van der Waals surface area contributed by atoms with Crippen LogP contribution in [0.4, 0.5) is 0 Å². The summed E-state index contributed by atoms with van der Waals surface area (Å²) in [4.78, 5) is 25.7. The lowest BCUT2D eigenvalue weighted by Gasteiger charge is -2.29. The highest BCUT2D eigenvalue weighted by Gasteiger charge is 2.23. The van der Waals surface area contributed by atoms with Gasteiger partial charge in [-0.2, -0.15) is 0 Å². The molecule has 0 aromatic rings. The second kappa shape index (κ2) is 66.7. The zero-order valence-corrected chi connectivity index (χ0v) is 58.5. The number of aliphatic hydroxyl groups is 1. The van der Waals surface area contributed by atoms with Gasteiger partial charge in [-0.1, -0.05) is 398 Å². The van der Waals surface area contributed by atoms with E-state index in [0.29, 0.717) is 17.4 Å². The number of nitrogens with zero attached hydrogens (tertiary/aromatic N) is 1. The quantitative estimate of drug-likeness (QED) is 0.0272. The topological polar surface area (TPSA) is 108 Å². The van der Waals surface area contributed by atoms with Crippen molar-refractivity contribution in [1.29, 1.82) is 0 Å². The Morgan fingerprint density at radius 1 is 0.405 bits per heavy atom.